The highest BCUT2D eigenvalue weighted by atomic mass is 16.3. The van der Waals surface area contributed by atoms with Crippen LogP contribution in [0, 0.1) is 5.92 Å². The van der Waals surface area contributed by atoms with Crippen molar-refractivity contribution >= 4 is 5.69 Å². The second kappa shape index (κ2) is 6.26. The molecule has 0 aliphatic carbocycles. The summed E-state index contributed by atoms with van der Waals surface area (Å²) >= 11 is 0. The van der Waals surface area contributed by atoms with E-state index >= 15 is 0 Å². The van der Waals surface area contributed by atoms with Gasteiger partial charge in [-0.05, 0) is 38.2 Å². The zero-order valence-electron chi connectivity index (χ0n) is 11.5. The van der Waals surface area contributed by atoms with Gasteiger partial charge >= 0.3 is 0 Å². The fourth-order valence-electron chi connectivity index (χ4n) is 2.83. The van der Waals surface area contributed by atoms with Gasteiger partial charge in [0.2, 0.25) is 0 Å². The van der Waals surface area contributed by atoms with Crippen LogP contribution in [0.1, 0.15) is 37.8 Å². The molecule has 2 unspecified atom stereocenters. The molecule has 0 aromatic heterocycles. The number of piperidine rings is 1. The predicted molar refractivity (Wildman–Crippen MR) is 77.3 cm³/mol. The van der Waals surface area contributed by atoms with E-state index in [0.29, 0.717) is 5.92 Å². The van der Waals surface area contributed by atoms with Crippen molar-refractivity contribution in [2.75, 3.05) is 24.6 Å². The predicted octanol–water partition coefficient (Wildman–Crippen LogP) is 2.01. The van der Waals surface area contributed by atoms with E-state index < -0.39 is 0 Å². The third-order valence-corrected chi connectivity index (χ3v) is 3.93. The lowest BCUT2D eigenvalue weighted by Gasteiger charge is -2.34. The molecule has 4 nitrogen and oxygen atoms in total. The van der Waals surface area contributed by atoms with Gasteiger partial charge in [0.15, 0.2) is 0 Å². The Hall–Kier alpha value is -1.26. The van der Waals surface area contributed by atoms with Gasteiger partial charge < -0.3 is 20.8 Å². The molecule has 1 aliphatic rings. The molecule has 19 heavy (non-hydrogen) atoms. The molecule has 2 rings (SSSR count). The number of rotatable bonds is 4. The van der Waals surface area contributed by atoms with Gasteiger partial charge in [0.05, 0.1) is 0 Å². The van der Waals surface area contributed by atoms with Gasteiger partial charge in [-0.3, -0.25) is 0 Å². The number of aliphatic hydroxyl groups is 1. The van der Waals surface area contributed by atoms with Crippen LogP contribution in [0.15, 0.2) is 18.2 Å². The Morgan fingerprint density at radius 3 is 2.89 bits per heavy atom. The molecular weight excluding hydrogens is 240 g/mol. The first-order chi connectivity index (χ1) is 9.11. The summed E-state index contributed by atoms with van der Waals surface area (Å²) in [6.45, 7) is 4.09. The molecule has 0 saturated carbocycles. The average molecular weight is 264 g/mol. The van der Waals surface area contributed by atoms with Gasteiger partial charge in [0, 0.05) is 43.1 Å². The van der Waals surface area contributed by atoms with Crippen molar-refractivity contribution in [3.8, 4) is 5.75 Å². The molecule has 1 saturated heterocycles. The van der Waals surface area contributed by atoms with Crippen molar-refractivity contribution in [1.82, 2.24) is 0 Å². The summed E-state index contributed by atoms with van der Waals surface area (Å²) in [7, 11) is 0. The highest BCUT2D eigenvalue weighted by Gasteiger charge is 2.20. The van der Waals surface area contributed by atoms with E-state index in [1.165, 1.54) is 6.42 Å². The van der Waals surface area contributed by atoms with Crippen molar-refractivity contribution in [3.05, 3.63) is 23.8 Å². The van der Waals surface area contributed by atoms with Gasteiger partial charge in [-0.15, -0.1) is 0 Å². The van der Waals surface area contributed by atoms with Crippen LogP contribution in [0.2, 0.25) is 0 Å². The number of anilines is 1. The topological polar surface area (TPSA) is 69.7 Å². The zero-order chi connectivity index (χ0) is 13.8. The number of nitrogens with two attached hydrogens (primary N) is 1. The van der Waals surface area contributed by atoms with Crippen LogP contribution >= 0.6 is 0 Å². The van der Waals surface area contributed by atoms with E-state index in [1.54, 1.807) is 6.07 Å². The van der Waals surface area contributed by atoms with Crippen molar-refractivity contribution in [3.63, 3.8) is 0 Å². The number of hydrogen-bond acceptors (Lipinski definition) is 4. The van der Waals surface area contributed by atoms with Crippen LogP contribution in [-0.2, 0) is 0 Å². The summed E-state index contributed by atoms with van der Waals surface area (Å²) in [5, 5.41) is 19.1. The van der Waals surface area contributed by atoms with E-state index in [2.05, 4.69) is 4.90 Å². The maximum Gasteiger partial charge on any atom is 0.122 e. The molecule has 1 fully saturated rings. The van der Waals surface area contributed by atoms with E-state index in [9.17, 15) is 5.11 Å². The number of nitrogens with zero attached hydrogens (tertiary/aromatic N) is 1. The lowest BCUT2D eigenvalue weighted by molar-refractivity contribution is 0.244. The van der Waals surface area contributed by atoms with Crippen molar-refractivity contribution in [2.45, 2.75) is 32.2 Å². The average Bonchev–Trinajstić information content (AvgIpc) is 2.39. The van der Waals surface area contributed by atoms with Crippen molar-refractivity contribution in [2.24, 2.45) is 11.7 Å². The molecule has 0 radical (unpaired) electrons. The van der Waals surface area contributed by atoms with E-state index in [0.717, 1.165) is 37.2 Å². The maximum atomic E-state index is 10.0. The van der Waals surface area contributed by atoms with Crippen LogP contribution in [0.5, 0.6) is 5.75 Å². The number of aliphatic hydroxyl groups excluding tert-OH is 1. The monoisotopic (exact) mass is 264 g/mol. The smallest absolute Gasteiger partial charge is 0.122 e. The molecule has 4 heteroatoms. The molecule has 0 spiro atoms. The quantitative estimate of drug-likeness (QED) is 0.778. The Labute approximate surface area is 114 Å². The van der Waals surface area contributed by atoms with E-state index in [1.807, 2.05) is 19.1 Å². The van der Waals surface area contributed by atoms with Crippen LogP contribution < -0.4 is 10.6 Å². The SMILES string of the molecule is CC(N)c1ccc(N2CCCC(CCO)C2)cc1O. The molecule has 1 aromatic rings. The van der Waals surface area contributed by atoms with Gasteiger partial charge in [-0.1, -0.05) is 6.07 Å². The summed E-state index contributed by atoms with van der Waals surface area (Å²) in [6, 6.07) is 5.59. The summed E-state index contributed by atoms with van der Waals surface area (Å²) < 4.78 is 0. The summed E-state index contributed by atoms with van der Waals surface area (Å²) in [5.74, 6) is 0.825. The van der Waals surface area contributed by atoms with Crippen LogP contribution in [0.3, 0.4) is 0 Å². The largest absolute Gasteiger partial charge is 0.508 e. The first kappa shape index (κ1) is 14.2. The van der Waals surface area contributed by atoms with Crippen LogP contribution in [0.4, 0.5) is 5.69 Å². The molecule has 0 amide bonds. The molecule has 1 aromatic carbocycles. The Morgan fingerprint density at radius 1 is 1.47 bits per heavy atom. The minimum atomic E-state index is -0.155. The standard InChI is InChI=1S/C15H24N2O2/c1-11(16)14-5-4-13(9-15(14)19)17-7-2-3-12(10-17)6-8-18/h4-5,9,11-12,18-19H,2-3,6-8,10,16H2,1H3. The second-order valence-electron chi connectivity index (χ2n) is 5.50. The van der Waals surface area contributed by atoms with E-state index in [-0.39, 0.29) is 18.4 Å². The Balaban J connectivity index is 2.11. The minimum absolute atomic E-state index is 0.155. The highest BCUT2D eigenvalue weighted by molar-refractivity contribution is 5.54. The van der Waals surface area contributed by atoms with Crippen molar-refractivity contribution < 1.29 is 10.2 Å². The van der Waals surface area contributed by atoms with Gasteiger partial charge in [-0.2, -0.15) is 0 Å². The Morgan fingerprint density at radius 2 is 2.26 bits per heavy atom. The van der Waals surface area contributed by atoms with Gasteiger partial charge in [0.1, 0.15) is 5.75 Å². The molecule has 106 valence electrons. The third kappa shape index (κ3) is 3.39. The number of benzene rings is 1. The molecule has 1 heterocycles. The zero-order valence-corrected chi connectivity index (χ0v) is 11.5. The fourth-order valence-corrected chi connectivity index (χ4v) is 2.83. The number of hydrogen-bond donors (Lipinski definition) is 3. The molecule has 0 bridgehead atoms. The number of phenolic OH excluding ortho intramolecular Hbond substituents is 1. The number of aromatic hydroxyl groups is 1. The highest BCUT2D eigenvalue weighted by Crippen LogP contribution is 2.31. The lowest BCUT2D eigenvalue weighted by atomic mass is 9.94. The summed E-state index contributed by atoms with van der Waals surface area (Å²) in [6.07, 6.45) is 3.18. The fraction of sp³-hybridized carbons (Fsp3) is 0.600. The lowest BCUT2D eigenvalue weighted by Crippen LogP contribution is -2.35. The molecular formula is C15H24N2O2. The molecule has 2 atom stereocenters. The van der Waals surface area contributed by atoms with Crippen LogP contribution in [-0.4, -0.2) is 29.9 Å². The normalized spacial score (nSPS) is 21.4. The summed E-state index contributed by atoms with van der Waals surface area (Å²) in [4.78, 5) is 2.29. The van der Waals surface area contributed by atoms with E-state index in [4.69, 9.17) is 10.8 Å². The second-order valence-corrected chi connectivity index (χ2v) is 5.50. The van der Waals surface area contributed by atoms with Crippen molar-refractivity contribution in [1.29, 1.82) is 0 Å². The third-order valence-electron chi connectivity index (χ3n) is 3.93. The van der Waals surface area contributed by atoms with Crippen LogP contribution in [0.25, 0.3) is 0 Å². The first-order valence-electron chi connectivity index (χ1n) is 7.06. The maximum absolute atomic E-state index is 10.0. The Kier molecular flexibility index (Phi) is 4.66. The summed E-state index contributed by atoms with van der Waals surface area (Å²) in [5.41, 5.74) is 7.63. The Bertz CT molecular complexity index is 419. The molecule has 4 N–H and O–H groups in total. The minimum Gasteiger partial charge on any atom is -0.508 e. The first-order valence-corrected chi connectivity index (χ1v) is 7.06. The molecule has 1 aliphatic heterocycles. The number of phenols is 1. The van der Waals surface area contributed by atoms with Gasteiger partial charge in [0.25, 0.3) is 0 Å². The van der Waals surface area contributed by atoms with Gasteiger partial charge in [-0.25, -0.2) is 0 Å².